The lowest BCUT2D eigenvalue weighted by molar-refractivity contribution is 0.496. The Morgan fingerprint density at radius 3 is 2.15 bits per heavy atom. The molecule has 0 unspecified atom stereocenters. The number of nitrogens with zero attached hydrogens (tertiary/aromatic N) is 3. The smallest absolute Gasteiger partial charge is 0.195 e. The Labute approximate surface area is 204 Å². The molecule has 3 aromatic heterocycles. The van der Waals surface area contributed by atoms with Gasteiger partial charge in [-0.25, -0.2) is 15.0 Å². The molecule has 0 aliphatic carbocycles. The van der Waals surface area contributed by atoms with Crippen molar-refractivity contribution in [3.8, 4) is 33.5 Å². The molecule has 0 bridgehead atoms. The van der Waals surface area contributed by atoms with Crippen LogP contribution in [0.15, 0.2) is 112 Å². The van der Waals surface area contributed by atoms with Gasteiger partial charge in [0.2, 0.25) is 0 Å². The Bertz CT molecular complexity index is 1530. The number of rotatable bonds is 6. The van der Waals surface area contributed by atoms with Gasteiger partial charge in [-0.15, -0.1) is 11.3 Å². The van der Waals surface area contributed by atoms with E-state index in [0.29, 0.717) is 10.8 Å². The van der Waals surface area contributed by atoms with Crippen molar-refractivity contribution >= 4 is 34.3 Å². The third kappa shape index (κ3) is 4.31. The van der Waals surface area contributed by atoms with Gasteiger partial charge in [0.25, 0.3) is 0 Å². The Morgan fingerprint density at radius 2 is 1.44 bits per heavy atom. The summed E-state index contributed by atoms with van der Waals surface area (Å²) in [5.41, 5.74) is 4.33. The summed E-state index contributed by atoms with van der Waals surface area (Å²) in [6.45, 7) is 0. The number of nitrogens with one attached hydrogen (secondary N) is 1. The Kier molecular flexibility index (Phi) is 5.55. The molecular weight excluding hydrogens is 460 g/mol. The van der Waals surface area contributed by atoms with E-state index < -0.39 is 0 Å². The molecule has 6 rings (SSSR count). The SMILES string of the molecule is c1ccc(-c2nc3nc(Sc4ccc(Oc5cccs5)cc4)nc(-c4ccccc4)c3[nH]2)cc1. The molecule has 164 valence electrons. The fraction of sp³-hybridized carbons (Fsp3) is 0. The number of hydrogen-bond donors (Lipinski definition) is 1. The van der Waals surface area contributed by atoms with Crippen molar-refractivity contribution in [3.63, 3.8) is 0 Å². The van der Waals surface area contributed by atoms with Crippen LogP contribution in [0, 0.1) is 0 Å². The van der Waals surface area contributed by atoms with Gasteiger partial charge in [-0.05, 0) is 53.5 Å². The van der Waals surface area contributed by atoms with Crippen LogP contribution in [0.4, 0.5) is 0 Å². The summed E-state index contributed by atoms with van der Waals surface area (Å²) >= 11 is 3.07. The molecule has 0 amide bonds. The molecule has 0 fully saturated rings. The summed E-state index contributed by atoms with van der Waals surface area (Å²) in [6.07, 6.45) is 0. The summed E-state index contributed by atoms with van der Waals surface area (Å²) in [5, 5.41) is 3.51. The first kappa shape index (κ1) is 20.7. The highest BCUT2D eigenvalue weighted by molar-refractivity contribution is 7.99. The zero-order valence-electron chi connectivity index (χ0n) is 17.9. The Morgan fingerprint density at radius 1 is 0.706 bits per heavy atom. The molecule has 5 nitrogen and oxygen atoms in total. The van der Waals surface area contributed by atoms with Gasteiger partial charge >= 0.3 is 0 Å². The highest BCUT2D eigenvalue weighted by Crippen LogP contribution is 2.33. The van der Waals surface area contributed by atoms with Gasteiger partial charge in [-0.1, -0.05) is 60.7 Å². The number of aromatic amines is 1. The van der Waals surface area contributed by atoms with Crippen LogP contribution in [0.3, 0.4) is 0 Å². The topological polar surface area (TPSA) is 63.7 Å². The molecule has 7 heteroatoms. The molecule has 3 aromatic carbocycles. The van der Waals surface area contributed by atoms with Crippen LogP contribution < -0.4 is 4.74 Å². The zero-order valence-corrected chi connectivity index (χ0v) is 19.5. The second-order valence-corrected chi connectivity index (χ2v) is 9.43. The van der Waals surface area contributed by atoms with E-state index in [2.05, 4.69) is 17.1 Å². The molecule has 34 heavy (non-hydrogen) atoms. The van der Waals surface area contributed by atoms with Crippen molar-refractivity contribution in [2.75, 3.05) is 0 Å². The van der Waals surface area contributed by atoms with Gasteiger partial charge < -0.3 is 9.72 Å². The standard InChI is InChI=1S/C27H18N4OS2/c1-3-8-18(9-4-1)23-24-26(30-25(28-24)19-10-5-2-6-11-19)31-27(29-23)34-21-15-13-20(14-16-21)32-22-12-7-17-33-22/h1-17H,(H,28,29,30,31). The largest absolute Gasteiger partial charge is 0.447 e. The fourth-order valence-corrected chi connectivity index (χ4v) is 4.92. The molecule has 0 atom stereocenters. The summed E-state index contributed by atoms with van der Waals surface area (Å²) < 4.78 is 5.87. The number of imidazole rings is 1. The quantitative estimate of drug-likeness (QED) is 0.249. The molecule has 0 aliphatic rings. The predicted molar refractivity (Wildman–Crippen MR) is 138 cm³/mol. The van der Waals surface area contributed by atoms with Crippen LogP contribution in [0.5, 0.6) is 10.8 Å². The highest BCUT2D eigenvalue weighted by Gasteiger charge is 2.16. The van der Waals surface area contributed by atoms with Crippen molar-refractivity contribution in [1.29, 1.82) is 0 Å². The van der Waals surface area contributed by atoms with Crippen molar-refractivity contribution < 1.29 is 4.74 Å². The third-order valence-corrected chi connectivity index (χ3v) is 6.79. The average molecular weight is 479 g/mol. The van der Waals surface area contributed by atoms with Gasteiger partial charge in [0.15, 0.2) is 15.9 Å². The van der Waals surface area contributed by atoms with E-state index in [1.165, 1.54) is 11.8 Å². The summed E-state index contributed by atoms with van der Waals surface area (Å²) in [5.74, 6) is 1.58. The van der Waals surface area contributed by atoms with Crippen LogP contribution >= 0.6 is 23.1 Å². The number of hydrogen-bond acceptors (Lipinski definition) is 6. The third-order valence-electron chi connectivity index (χ3n) is 5.17. The van der Waals surface area contributed by atoms with Gasteiger partial charge in [0.05, 0.1) is 0 Å². The fourth-order valence-electron chi connectivity index (χ4n) is 3.58. The molecule has 1 N–H and O–H groups in total. The number of fused-ring (bicyclic) bond motifs is 1. The minimum absolute atomic E-state index is 0.643. The zero-order chi connectivity index (χ0) is 22.7. The summed E-state index contributed by atoms with van der Waals surface area (Å²) in [4.78, 5) is 18.9. The molecule has 0 spiro atoms. The monoisotopic (exact) mass is 478 g/mol. The normalized spacial score (nSPS) is 11.1. The minimum Gasteiger partial charge on any atom is -0.447 e. The first-order valence-electron chi connectivity index (χ1n) is 10.7. The van der Waals surface area contributed by atoms with E-state index in [1.807, 2.05) is 90.3 Å². The van der Waals surface area contributed by atoms with Crippen molar-refractivity contribution in [1.82, 2.24) is 19.9 Å². The first-order valence-corrected chi connectivity index (χ1v) is 12.4. The molecule has 0 saturated heterocycles. The number of H-pyrrole nitrogens is 1. The Balaban J connectivity index is 1.36. The van der Waals surface area contributed by atoms with E-state index in [0.717, 1.165) is 43.9 Å². The van der Waals surface area contributed by atoms with E-state index in [1.54, 1.807) is 11.3 Å². The van der Waals surface area contributed by atoms with E-state index in [-0.39, 0.29) is 0 Å². The van der Waals surface area contributed by atoms with Gasteiger partial charge in [0, 0.05) is 16.0 Å². The first-order chi connectivity index (χ1) is 16.8. The number of ether oxygens (including phenoxy) is 1. The van der Waals surface area contributed by atoms with E-state index in [4.69, 9.17) is 19.7 Å². The highest BCUT2D eigenvalue weighted by atomic mass is 32.2. The lowest BCUT2D eigenvalue weighted by Crippen LogP contribution is -1.93. The van der Waals surface area contributed by atoms with E-state index in [9.17, 15) is 0 Å². The Hall–Kier alpha value is -3.94. The predicted octanol–water partition coefficient (Wildman–Crippen LogP) is 7.69. The average Bonchev–Trinajstić information content (AvgIpc) is 3.56. The summed E-state index contributed by atoms with van der Waals surface area (Å²) in [6, 6.07) is 32.1. The van der Waals surface area contributed by atoms with Gasteiger partial charge in [-0.2, -0.15) is 0 Å². The van der Waals surface area contributed by atoms with E-state index >= 15 is 0 Å². The maximum absolute atomic E-state index is 5.87. The lowest BCUT2D eigenvalue weighted by atomic mass is 10.1. The number of thiophene rings is 1. The van der Waals surface area contributed by atoms with Crippen molar-refractivity contribution in [2.24, 2.45) is 0 Å². The molecule has 6 aromatic rings. The lowest BCUT2D eigenvalue weighted by Gasteiger charge is -2.07. The second kappa shape index (κ2) is 9.13. The summed E-state index contributed by atoms with van der Waals surface area (Å²) in [7, 11) is 0. The van der Waals surface area contributed by atoms with Crippen LogP contribution in [0.1, 0.15) is 0 Å². The maximum Gasteiger partial charge on any atom is 0.195 e. The molecule has 0 radical (unpaired) electrons. The van der Waals surface area contributed by atoms with Crippen molar-refractivity contribution in [3.05, 3.63) is 102 Å². The molecule has 0 aliphatic heterocycles. The molecule has 3 heterocycles. The van der Waals surface area contributed by atoms with Crippen LogP contribution in [-0.2, 0) is 0 Å². The van der Waals surface area contributed by atoms with Gasteiger partial charge in [-0.3, -0.25) is 0 Å². The molecule has 0 saturated carbocycles. The molecular formula is C27H18N4OS2. The number of benzene rings is 3. The van der Waals surface area contributed by atoms with Crippen molar-refractivity contribution in [2.45, 2.75) is 10.1 Å². The minimum atomic E-state index is 0.643. The van der Waals surface area contributed by atoms with Crippen LogP contribution in [0.25, 0.3) is 33.8 Å². The number of aromatic nitrogens is 4. The van der Waals surface area contributed by atoms with Gasteiger partial charge in [0.1, 0.15) is 22.8 Å². The van der Waals surface area contributed by atoms with Crippen LogP contribution in [0.2, 0.25) is 0 Å². The second-order valence-electron chi connectivity index (χ2n) is 7.48. The van der Waals surface area contributed by atoms with Crippen LogP contribution in [-0.4, -0.2) is 19.9 Å². The maximum atomic E-state index is 5.87.